The van der Waals surface area contributed by atoms with Gasteiger partial charge in [-0.2, -0.15) is 5.10 Å². The summed E-state index contributed by atoms with van der Waals surface area (Å²) in [5, 5.41) is 14.6. The largest absolute Gasteiger partial charge is 0.469 e. The van der Waals surface area contributed by atoms with Crippen LogP contribution in [0, 0.1) is 0 Å². The summed E-state index contributed by atoms with van der Waals surface area (Å²) in [6, 6.07) is 7.74. The van der Waals surface area contributed by atoms with E-state index in [0.29, 0.717) is 25.1 Å². The SMILES string of the molecule is COC(=O)CCCn1nc(CO)c2ccccc21. The molecule has 5 heteroatoms. The number of aliphatic hydroxyl groups is 1. The van der Waals surface area contributed by atoms with Crippen molar-refractivity contribution in [3.8, 4) is 0 Å². The summed E-state index contributed by atoms with van der Waals surface area (Å²) in [7, 11) is 1.38. The lowest BCUT2D eigenvalue weighted by atomic mass is 10.2. The van der Waals surface area contributed by atoms with Gasteiger partial charge in [-0.1, -0.05) is 18.2 Å². The van der Waals surface area contributed by atoms with E-state index < -0.39 is 0 Å². The van der Waals surface area contributed by atoms with E-state index in [0.717, 1.165) is 10.9 Å². The van der Waals surface area contributed by atoms with Crippen molar-refractivity contribution in [1.82, 2.24) is 9.78 Å². The Morgan fingerprint density at radius 3 is 2.94 bits per heavy atom. The molecule has 0 atom stereocenters. The van der Waals surface area contributed by atoms with Gasteiger partial charge < -0.3 is 9.84 Å². The molecule has 0 unspecified atom stereocenters. The quantitative estimate of drug-likeness (QED) is 0.814. The van der Waals surface area contributed by atoms with Crippen molar-refractivity contribution in [3.05, 3.63) is 30.0 Å². The van der Waals surface area contributed by atoms with Gasteiger partial charge in [-0.15, -0.1) is 0 Å². The van der Waals surface area contributed by atoms with Gasteiger partial charge in [0.15, 0.2) is 0 Å². The summed E-state index contributed by atoms with van der Waals surface area (Å²) in [5.41, 5.74) is 1.65. The smallest absolute Gasteiger partial charge is 0.305 e. The molecule has 1 N–H and O–H groups in total. The van der Waals surface area contributed by atoms with Crippen LogP contribution in [0.4, 0.5) is 0 Å². The first-order valence-corrected chi connectivity index (χ1v) is 5.88. The third-order valence-corrected chi connectivity index (χ3v) is 2.86. The maximum absolute atomic E-state index is 11.0. The summed E-state index contributed by atoms with van der Waals surface area (Å²) < 4.78 is 6.42. The molecule has 0 bridgehead atoms. The molecular formula is C13H16N2O3. The first kappa shape index (κ1) is 12.6. The Hall–Kier alpha value is -1.88. The van der Waals surface area contributed by atoms with E-state index in [9.17, 15) is 9.90 Å². The highest BCUT2D eigenvalue weighted by Gasteiger charge is 2.09. The van der Waals surface area contributed by atoms with Crippen LogP contribution in [0.1, 0.15) is 18.5 Å². The molecular weight excluding hydrogens is 232 g/mol. The van der Waals surface area contributed by atoms with Gasteiger partial charge in [0, 0.05) is 18.4 Å². The van der Waals surface area contributed by atoms with E-state index in [1.54, 1.807) is 0 Å². The predicted octanol–water partition coefficient (Wildman–Crippen LogP) is 1.48. The van der Waals surface area contributed by atoms with Crippen molar-refractivity contribution in [1.29, 1.82) is 0 Å². The highest BCUT2D eigenvalue weighted by molar-refractivity contribution is 5.81. The van der Waals surface area contributed by atoms with Crippen molar-refractivity contribution < 1.29 is 14.6 Å². The molecule has 5 nitrogen and oxygen atoms in total. The Morgan fingerprint density at radius 1 is 1.44 bits per heavy atom. The van der Waals surface area contributed by atoms with Gasteiger partial charge in [-0.25, -0.2) is 0 Å². The van der Waals surface area contributed by atoms with E-state index in [2.05, 4.69) is 9.84 Å². The third kappa shape index (κ3) is 2.51. The lowest BCUT2D eigenvalue weighted by Crippen LogP contribution is -2.05. The molecule has 1 aromatic carbocycles. The zero-order valence-corrected chi connectivity index (χ0v) is 10.3. The van der Waals surface area contributed by atoms with E-state index >= 15 is 0 Å². The molecule has 0 radical (unpaired) electrons. The van der Waals surface area contributed by atoms with E-state index in [-0.39, 0.29) is 12.6 Å². The first-order valence-electron chi connectivity index (χ1n) is 5.88. The molecule has 0 saturated heterocycles. The fourth-order valence-electron chi connectivity index (χ4n) is 1.96. The fraction of sp³-hybridized carbons (Fsp3) is 0.385. The number of methoxy groups -OCH3 is 1. The molecule has 0 amide bonds. The van der Waals surface area contributed by atoms with Gasteiger partial charge in [0.1, 0.15) is 0 Å². The Balaban J connectivity index is 2.15. The lowest BCUT2D eigenvalue weighted by Gasteiger charge is -2.02. The average molecular weight is 248 g/mol. The highest BCUT2D eigenvalue weighted by Crippen LogP contribution is 2.18. The number of benzene rings is 1. The van der Waals surface area contributed by atoms with Crippen molar-refractivity contribution in [3.63, 3.8) is 0 Å². The molecule has 0 spiro atoms. The molecule has 2 aromatic rings. The number of carbonyl (C=O) groups is 1. The summed E-state index contributed by atoms with van der Waals surface area (Å²) in [6.45, 7) is 0.556. The van der Waals surface area contributed by atoms with Crippen molar-refractivity contribution in [2.24, 2.45) is 0 Å². The van der Waals surface area contributed by atoms with Crippen LogP contribution in [-0.2, 0) is 22.7 Å². The summed E-state index contributed by atoms with van der Waals surface area (Å²) >= 11 is 0. The number of aromatic nitrogens is 2. The Labute approximate surface area is 105 Å². The van der Waals surface area contributed by atoms with E-state index in [1.165, 1.54) is 7.11 Å². The first-order chi connectivity index (χ1) is 8.76. The number of ether oxygens (including phenoxy) is 1. The van der Waals surface area contributed by atoms with Crippen LogP contribution in [0.15, 0.2) is 24.3 Å². The second-order valence-corrected chi connectivity index (χ2v) is 4.02. The number of nitrogens with zero attached hydrogens (tertiary/aromatic N) is 2. The molecule has 1 heterocycles. The van der Waals surface area contributed by atoms with Gasteiger partial charge in [-0.05, 0) is 12.5 Å². The Morgan fingerprint density at radius 2 is 2.22 bits per heavy atom. The van der Waals surface area contributed by atoms with Gasteiger partial charge in [-0.3, -0.25) is 9.48 Å². The molecule has 0 saturated carbocycles. The molecule has 0 aliphatic carbocycles. The Bertz CT molecular complexity index is 548. The number of rotatable bonds is 5. The van der Waals surface area contributed by atoms with Crippen LogP contribution < -0.4 is 0 Å². The van der Waals surface area contributed by atoms with Gasteiger partial charge >= 0.3 is 5.97 Å². The molecule has 0 fully saturated rings. The number of aliphatic hydroxyl groups excluding tert-OH is 1. The second-order valence-electron chi connectivity index (χ2n) is 4.02. The van der Waals surface area contributed by atoms with Crippen molar-refractivity contribution in [2.45, 2.75) is 26.0 Å². The number of fused-ring (bicyclic) bond motifs is 1. The molecule has 2 rings (SSSR count). The molecule has 18 heavy (non-hydrogen) atoms. The summed E-state index contributed by atoms with van der Waals surface area (Å²) in [5.74, 6) is -0.214. The normalized spacial score (nSPS) is 10.8. The number of carbonyl (C=O) groups excluding carboxylic acids is 1. The Kier molecular flexibility index (Phi) is 3.94. The maximum Gasteiger partial charge on any atom is 0.305 e. The number of hydrogen-bond donors (Lipinski definition) is 1. The van der Waals surface area contributed by atoms with Gasteiger partial charge in [0.2, 0.25) is 0 Å². The van der Waals surface area contributed by atoms with Gasteiger partial charge in [0.05, 0.1) is 24.9 Å². The van der Waals surface area contributed by atoms with Crippen LogP contribution in [-0.4, -0.2) is 28.0 Å². The van der Waals surface area contributed by atoms with Crippen LogP contribution in [0.25, 0.3) is 10.9 Å². The standard InChI is InChI=1S/C13H16N2O3/c1-18-13(17)7-4-8-15-12-6-3-2-5-10(12)11(9-16)14-15/h2-3,5-6,16H,4,7-9H2,1H3. The molecule has 1 aromatic heterocycles. The number of esters is 1. The van der Waals surface area contributed by atoms with E-state index in [4.69, 9.17) is 0 Å². The molecule has 0 aliphatic rings. The van der Waals surface area contributed by atoms with Crippen LogP contribution in [0.3, 0.4) is 0 Å². The topological polar surface area (TPSA) is 64.4 Å². The highest BCUT2D eigenvalue weighted by atomic mass is 16.5. The van der Waals surface area contributed by atoms with Crippen LogP contribution >= 0.6 is 0 Å². The average Bonchev–Trinajstić information content (AvgIpc) is 2.77. The third-order valence-electron chi connectivity index (χ3n) is 2.86. The zero-order valence-electron chi connectivity index (χ0n) is 10.3. The number of aryl methyl sites for hydroxylation is 1. The maximum atomic E-state index is 11.0. The minimum absolute atomic E-state index is 0.0789. The van der Waals surface area contributed by atoms with Crippen LogP contribution in [0.2, 0.25) is 0 Å². The lowest BCUT2D eigenvalue weighted by molar-refractivity contribution is -0.140. The monoisotopic (exact) mass is 248 g/mol. The summed E-state index contributed by atoms with van der Waals surface area (Å²) in [4.78, 5) is 11.0. The second kappa shape index (κ2) is 5.64. The van der Waals surface area contributed by atoms with Crippen molar-refractivity contribution >= 4 is 16.9 Å². The predicted molar refractivity (Wildman–Crippen MR) is 66.9 cm³/mol. The minimum Gasteiger partial charge on any atom is -0.469 e. The van der Waals surface area contributed by atoms with E-state index in [1.807, 2.05) is 28.9 Å². The van der Waals surface area contributed by atoms with Crippen LogP contribution in [0.5, 0.6) is 0 Å². The van der Waals surface area contributed by atoms with Crippen molar-refractivity contribution in [2.75, 3.05) is 7.11 Å². The summed E-state index contributed by atoms with van der Waals surface area (Å²) in [6.07, 6.45) is 1.04. The van der Waals surface area contributed by atoms with Gasteiger partial charge in [0.25, 0.3) is 0 Å². The fourth-order valence-corrected chi connectivity index (χ4v) is 1.96. The minimum atomic E-state index is -0.214. The zero-order chi connectivity index (χ0) is 13.0. The number of para-hydroxylation sites is 1. The molecule has 0 aliphatic heterocycles. The number of hydrogen-bond acceptors (Lipinski definition) is 4. The molecule has 96 valence electrons.